The Hall–Kier alpha value is -2.38. The lowest BCUT2D eigenvalue weighted by atomic mass is 10.0. The van der Waals surface area contributed by atoms with Crippen LogP contribution in [0.5, 0.6) is 17.2 Å². The number of hydrogen-bond donors (Lipinski definition) is 1. The summed E-state index contributed by atoms with van der Waals surface area (Å²) in [5, 5.41) is 9.87. The Labute approximate surface area is 173 Å². The summed E-state index contributed by atoms with van der Waals surface area (Å²) >= 11 is 12.4. The first-order valence-corrected chi connectivity index (χ1v) is 9.40. The van der Waals surface area contributed by atoms with E-state index in [1.807, 2.05) is 0 Å². The van der Waals surface area contributed by atoms with Crippen molar-refractivity contribution in [3.05, 3.63) is 56.6 Å². The van der Waals surface area contributed by atoms with E-state index in [9.17, 15) is 18.0 Å². The predicted molar refractivity (Wildman–Crippen MR) is 101 cm³/mol. The number of alkyl halides is 3. The van der Waals surface area contributed by atoms with E-state index >= 15 is 0 Å². The standard InChI is InChI=1S/C20H13Cl2F3O4/c21-13-4-5-15(11-3-1-2-10(11)13)28-17-8-16-9(7-14(17)22)6-12(19(26)27)18(29-16)20(23,24)25/h4-8,18H,1-3H2,(H,26,27). The molecular weight excluding hydrogens is 432 g/mol. The summed E-state index contributed by atoms with van der Waals surface area (Å²) in [7, 11) is 0. The van der Waals surface area contributed by atoms with E-state index in [2.05, 4.69) is 0 Å². The van der Waals surface area contributed by atoms with Crippen LogP contribution in [0, 0.1) is 0 Å². The van der Waals surface area contributed by atoms with Crippen LogP contribution in [0.3, 0.4) is 0 Å². The summed E-state index contributed by atoms with van der Waals surface area (Å²) < 4.78 is 50.6. The fourth-order valence-corrected chi connectivity index (χ4v) is 4.02. The largest absolute Gasteiger partial charge is 0.478 e. The highest BCUT2D eigenvalue weighted by molar-refractivity contribution is 6.32. The van der Waals surface area contributed by atoms with Crippen molar-refractivity contribution in [2.24, 2.45) is 0 Å². The van der Waals surface area contributed by atoms with Crippen LogP contribution in [0.15, 0.2) is 29.8 Å². The summed E-state index contributed by atoms with van der Waals surface area (Å²) in [4.78, 5) is 11.2. The number of carbonyl (C=O) groups is 1. The van der Waals surface area contributed by atoms with Crippen LogP contribution in [0.4, 0.5) is 13.2 Å². The van der Waals surface area contributed by atoms with Crippen molar-refractivity contribution in [2.45, 2.75) is 31.5 Å². The maximum atomic E-state index is 13.3. The minimum atomic E-state index is -4.89. The van der Waals surface area contributed by atoms with Gasteiger partial charge in [-0.05, 0) is 54.7 Å². The number of fused-ring (bicyclic) bond motifs is 2. The van der Waals surface area contributed by atoms with Gasteiger partial charge in [0.15, 0.2) is 0 Å². The van der Waals surface area contributed by atoms with Gasteiger partial charge >= 0.3 is 12.1 Å². The molecule has 1 atom stereocenters. The molecule has 0 saturated heterocycles. The predicted octanol–water partition coefficient (Wildman–Crippen LogP) is 6.07. The zero-order chi connectivity index (χ0) is 20.9. The lowest BCUT2D eigenvalue weighted by Crippen LogP contribution is -2.40. The Morgan fingerprint density at radius 2 is 1.83 bits per heavy atom. The quantitative estimate of drug-likeness (QED) is 0.624. The number of carboxylic acid groups (broad SMARTS) is 1. The maximum absolute atomic E-state index is 13.3. The maximum Gasteiger partial charge on any atom is 0.430 e. The molecule has 0 saturated carbocycles. The van der Waals surface area contributed by atoms with Crippen LogP contribution in [0.25, 0.3) is 6.08 Å². The first-order chi connectivity index (χ1) is 13.6. The van der Waals surface area contributed by atoms with E-state index in [-0.39, 0.29) is 22.1 Å². The number of ether oxygens (including phenoxy) is 2. The summed E-state index contributed by atoms with van der Waals surface area (Å²) in [6.45, 7) is 0. The Kier molecular flexibility index (Phi) is 4.91. The lowest BCUT2D eigenvalue weighted by molar-refractivity contribution is -0.187. The zero-order valence-electron chi connectivity index (χ0n) is 14.6. The molecule has 1 aliphatic heterocycles. The average Bonchev–Trinajstić information content (AvgIpc) is 3.13. The third kappa shape index (κ3) is 3.65. The van der Waals surface area contributed by atoms with Gasteiger partial charge in [0.25, 0.3) is 0 Å². The minimum Gasteiger partial charge on any atom is -0.478 e. The molecule has 0 radical (unpaired) electrons. The molecule has 2 aromatic rings. The van der Waals surface area contributed by atoms with E-state index in [4.69, 9.17) is 37.8 Å². The summed E-state index contributed by atoms with van der Waals surface area (Å²) in [6.07, 6.45) is -4.05. The number of halogens is 5. The molecule has 0 bridgehead atoms. The Balaban J connectivity index is 1.73. The number of benzene rings is 2. The van der Waals surface area contributed by atoms with Gasteiger partial charge in [0.2, 0.25) is 6.10 Å². The molecule has 0 fully saturated rings. The normalized spacial score (nSPS) is 17.8. The van der Waals surface area contributed by atoms with Gasteiger partial charge in [-0.3, -0.25) is 0 Å². The topological polar surface area (TPSA) is 55.8 Å². The molecule has 152 valence electrons. The second-order valence-corrected chi connectivity index (χ2v) is 7.54. The SMILES string of the molecule is O=C(O)C1=Cc2cc(Cl)c(Oc3ccc(Cl)c4c3CCC4)cc2OC1C(F)(F)F. The van der Waals surface area contributed by atoms with E-state index in [0.29, 0.717) is 10.8 Å². The van der Waals surface area contributed by atoms with E-state index < -0.39 is 23.8 Å². The van der Waals surface area contributed by atoms with Crippen LogP contribution >= 0.6 is 23.2 Å². The average molecular weight is 445 g/mol. The van der Waals surface area contributed by atoms with Crippen LogP contribution in [0.1, 0.15) is 23.1 Å². The van der Waals surface area contributed by atoms with Crippen LogP contribution in [-0.4, -0.2) is 23.4 Å². The van der Waals surface area contributed by atoms with Gasteiger partial charge < -0.3 is 14.6 Å². The molecule has 4 rings (SSSR count). The zero-order valence-corrected chi connectivity index (χ0v) is 16.2. The number of hydrogen-bond acceptors (Lipinski definition) is 3. The molecule has 0 amide bonds. The Morgan fingerprint density at radius 1 is 1.10 bits per heavy atom. The third-order valence-corrected chi connectivity index (χ3v) is 5.50. The molecule has 1 aliphatic carbocycles. The monoisotopic (exact) mass is 444 g/mol. The molecule has 29 heavy (non-hydrogen) atoms. The fourth-order valence-electron chi connectivity index (χ4n) is 3.54. The van der Waals surface area contributed by atoms with Crippen LogP contribution < -0.4 is 9.47 Å². The second kappa shape index (κ2) is 7.15. The van der Waals surface area contributed by atoms with Crippen molar-refractivity contribution in [3.8, 4) is 17.2 Å². The number of rotatable bonds is 3. The van der Waals surface area contributed by atoms with Gasteiger partial charge in [-0.1, -0.05) is 23.2 Å². The second-order valence-electron chi connectivity index (χ2n) is 6.72. The van der Waals surface area contributed by atoms with Crippen molar-refractivity contribution < 1.29 is 32.5 Å². The summed E-state index contributed by atoms with van der Waals surface area (Å²) in [6, 6.07) is 5.94. The van der Waals surface area contributed by atoms with Gasteiger partial charge in [0, 0.05) is 16.7 Å². The van der Waals surface area contributed by atoms with Gasteiger partial charge in [0.1, 0.15) is 17.2 Å². The summed E-state index contributed by atoms with van der Waals surface area (Å²) in [5.41, 5.74) is 1.14. The smallest absolute Gasteiger partial charge is 0.430 e. The van der Waals surface area contributed by atoms with Crippen molar-refractivity contribution in [2.75, 3.05) is 0 Å². The van der Waals surface area contributed by atoms with E-state index in [1.54, 1.807) is 12.1 Å². The van der Waals surface area contributed by atoms with Crippen LogP contribution in [-0.2, 0) is 17.6 Å². The molecule has 1 heterocycles. The number of carboxylic acids is 1. The van der Waals surface area contributed by atoms with Crippen molar-refractivity contribution in [3.63, 3.8) is 0 Å². The number of aliphatic carboxylic acids is 1. The first-order valence-electron chi connectivity index (χ1n) is 8.65. The molecule has 1 unspecified atom stereocenters. The molecule has 2 aromatic carbocycles. The van der Waals surface area contributed by atoms with Crippen molar-refractivity contribution in [1.29, 1.82) is 0 Å². The van der Waals surface area contributed by atoms with Crippen molar-refractivity contribution >= 4 is 35.2 Å². The van der Waals surface area contributed by atoms with Crippen molar-refractivity contribution in [1.82, 2.24) is 0 Å². The van der Waals surface area contributed by atoms with E-state index in [1.165, 1.54) is 12.1 Å². The lowest BCUT2D eigenvalue weighted by Gasteiger charge is -2.27. The third-order valence-electron chi connectivity index (χ3n) is 4.85. The molecule has 2 aliphatic rings. The molecule has 0 spiro atoms. The minimum absolute atomic E-state index is 0.106. The highest BCUT2D eigenvalue weighted by Gasteiger charge is 2.48. The first kappa shape index (κ1) is 19.9. The molecule has 9 heteroatoms. The molecular formula is C20H13Cl2F3O4. The molecule has 4 nitrogen and oxygen atoms in total. The Bertz CT molecular complexity index is 1050. The molecule has 1 N–H and O–H groups in total. The van der Waals surface area contributed by atoms with E-state index in [0.717, 1.165) is 36.5 Å². The Morgan fingerprint density at radius 3 is 2.52 bits per heavy atom. The fraction of sp³-hybridized carbons (Fsp3) is 0.250. The van der Waals surface area contributed by atoms with Gasteiger partial charge in [-0.2, -0.15) is 13.2 Å². The summed E-state index contributed by atoms with van der Waals surface area (Å²) in [5.74, 6) is -1.25. The molecule has 0 aromatic heterocycles. The van der Waals surface area contributed by atoms with Crippen LogP contribution in [0.2, 0.25) is 10.0 Å². The van der Waals surface area contributed by atoms with Gasteiger partial charge in [-0.15, -0.1) is 0 Å². The van der Waals surface area contributed by atoms with Gasteiger partial charge in [-0.25, -0.2) is 4.79 Å². The van der Waals surface area contributed by atoms with Gasteiger partial charge in [0.05, 0.1) is 10.6 Å². The highest BCUT2D eigenvalue weighted by atomic mass is 35.5. The highest BCUT2D eigenvalue weighted by Crippen LogP contribution is 2.44.